The zero-order valence-electron chi connectivity index (χ0n) is 19.1. The number of carbonyl (C=O) groups is 3. The van der Waals surface area contributed by atoms with Gasteiger partial charge in [-0.05, 0) is 5.41 Å². The molecule has 0 bridgehead atoms. The van der Waals surface area contributed by atoms with Crippen LogP contribution in [-0.2, 0) is 20.8 Å². The summed E-state index contributed by atoms with van der Waals surface area (Å²) in [6.07, 6.45) is 1.97. The third kappa shape index (κ3) is 5.44. The van der Waals surface area contributed by atoms with Crippen LogP contribution in [0.2, 0.25) is 0 Å². The molecule has 0 spiro atoms. The number of Topliss-reactive ketones (excluding diaryl/α,β-unsaturated/α-hetero) is 1. The summed E-state index contributed by atoms with van der Waals surface area (Å²) in [5.74, 6) is -0.442. The zero-order valence-corrected chi connectivity index (χ0v) is 19.1. The standard InChI is InChI=1S/C21H35N5O4/c1-20(2,3)16(28)9-8-13-11-26(24-23-13)17(21(4,5)6)19(30)25-12-14(27)10-15(25)18(29)22-7/h11,14-15,17,27H,8-10,12H2,1-7H3,(H,22,29)/t14?,15?,17-/m1/s1. The molecular formula is C21H35N5O4. The first-order valence-electron chi connectivity index (χ1n) is 10.4. The van der Waals surface area contributed by atoms with E-state index in [4.69, 9.17) is 0 Å². The number of β-amino-alcohol motifs (C(OH)–C–C–N with tert-alkyl or cyclic N) is 1. The van der Waals surface area contributed by atoms with E-state index in [1.807, 2.05) is 41.5 Å². The fraction of sp³-hybridized carbons (Fsp3) is 0.762. The maximum Gasteiger partial charge on any atom is 0.248 e. The van der Waals surface area contributed by atoms with Crippen molar-refractivity contribution < 1.29 is 19.5 Å². The molecule has 0 aromatic carbocycles. The Hall–Kier alpha value is -2.29. The molecule has 1 fully saturated rings. The van der Waals surface area contributed by atoms with Gasteiger partial charge in [0.1, 0.15) is 17.9 Å². The summed E-state index contributed by atoms with van der Waals surface area (Å²) in [4.78, 5) is 39.3. The number of likely N-dealkylation sites (tertiary alicyclic amines) is 1. The van der Waals surface area contributed by atoms with Crippen LogP contribution in [0.25, 0.3) is 0 Å². The second kappa shape index (κ2) is 8.83. The zero-order chi connectivity index (χ0) is 22.9. The maximum absolute atomic E-state index is 13.5. The molecule has 9 heteroatoms. The van der Waals surface area contributed by atoms with Crippen molar-refractivity contribution in [2.45, 2.75) is 79.0 Å². The fourth-order valence-electron chi connectivity index (χ4n) is 3.68. The van der Waals surface area contributed by atoms with Gasteiger partial charge in [0, 0.05) is 44.5 Å². The van der Waals surface area contributed by atoms with Crippen molar-refractivity contribution in [2.24, 2.45) is 10.8 Å². The van der Waals surface area contributed by atoms with E-state index in [2.05, 4.69) is 15.6 Å². The Balaban J connectivity index is 2.25. The van der Waals surface area contributed by atoms with Crippen LogP contribution >= 0.6 is 0 Å². The van der Waals surface area contributed by atoms with E-state index in [9.17, 15) is 19.5 Å². The summed E-state index contributed by atoms with van der Waals surface area (Å²) in [6, 6.07) is -1.41. The van der Waals surface area contributed by atoms with Crippen molar-refractivity contribution >= 4 is 17.6 Å². The van der Waals surface area contributed by atoms with Gasteiger partial charge in [0.2, 0.25) is 11.8 Å². The highest BCUT2D eigenvalue weighted by Crippen LogP contribution is 2.34. The van der Waals surface area contributed by atoms with Gasteiger partial charge in [0.15, 0.2) is 0 Å². The van der Waals surface area contributed by atoms with Gasteiger partial charge in [-0.1, -0.05) is 46.8 Å². The summed E-state index contributed by atoms with van der Waals surface area (Å²) < 4.78 is 1.52. The predicted octanol–water partition coefficient (Wildman–Crippen LogP) is 1.12. The Morgan fingerprint density at radius 3 is 2.40 bits per heavy atom. The average Bonchev–Trinajstić information content (AvgIpc) is 3.23. The van der Waals surface area contributed by atoms with Crippen LogP contribution in [0, 0.1) is 10.8 Å². The molecule has 0 radical (unpaired) electrons. The van der Waals surface area contributed by atoms with E-state index < -0.39 is 29.0 Å². The molecule has 2 N–H and O–H groups in total. The van der Waals surface area contributed by atoms with Crippen LogP contribution in [0.1, 0.15) is 66.1 Å². The number of aromatic nitrogens is 3. The van der Waals surface area contributed by atoms with E-state index in [1.165, 1.54) is 16.6 Å². The molecular weight excluding hydrogens is 386 g/mol. The first kappa shape index (κ1) is 24.0. The minimum absolute atomic E-state index is 0.102. The molecule has 1 aromatic heterocycles. The number of ketones is 1. The third-order valence-corrected chi connectivity index (χ3v) is 5.43. The molecule has 2 rings (SSSR count). The Kier molecular flexibility index (Phi) is 7.06. The van der Waals surface area contributed by atoms with Crippen molar-refractivity contribution in [3.63, 3.8) is 0 Å². The largest absolute Gasteiger partial charge is 0.391 e. The number of aliphatic hydroxyl groups excluding tert-OH is 1. The van der Waals surface area contributed by atoms with Gasteiger partial charge in [0.05, 0.1) is 11.8 Å². The van der Waals surface area contributed by atoms with E-state index in [1.54, 1.807) is 6.20 Å². The van der Waals surface area contributed by atoms with Gasteiger partial charge in [0.25, 0.3) is 0 Å². The molecule has 2 unspecified atom stereocenters. The second-order valence-electron chi connectivity index (χ2n) is 10.1. The Morgan fingerprint density at radius 1 is 1.23 bits per heavy atom. The Morgan fingerprint density at radius 2 is 1.87 bits per heavy atom. The van der Waals surface area contributed by atoms with Gasteiger partial charge < -0.3 is 15.3 Å². The molecule has 1 aliphatic rings. The smallest absolute Gasteiger partial charge is 0.248 e. The van der Waals surface area contributed by atoms with Crippen LogP contribution in [0.4, 0.5) is 0 Å². The SMILES string of the molecule is CNC(=O)C1CC(O)CN1C(=O)[C@@H](n1cc(CCC(=O)C(C)(C)C)nn1)C(C)(C)C. The third-order valence-electron chi connectivity index (χ3n) is 5.43. The van der Waals surface area contributed by atoms with E-state index in [-0.39, 0.29) is 30.6 Å². The van der Waals surface area contributed by atoms with Gasteiger partial charge in [-0.15, -0.1) is 5.10 Å². The molecule has 1 saturated heterocycles. The molecule has 2 heterocycles. The van der Waals surface area contributed by atoms with E-state index in [0.717, 1.165) is 0 Å². The van der Waals surface area contributed by atoms with Crippen LogP contribution in [0.3, 0.4) is 0 Å². The lowest BCUT2D eigenvalue weighted by molar-refractivity contribution is -0.144. The summed E-state index contributed by atoms with van der Waals surface area (Å²) in [7, 11) is 1.51. The normalized spacial score (nSPS) is 20.9. The van der Waals surface area contributed by atoms with Crippen molar-refractivity contribution in [1.82, 2.24) is 25.2 Å². The topological polar surface area (TPSA) is 117 Å². The molecule has 2 amide bonds. The Labute approximate surface area is 178 Å². The molecule has 1 aliphatic heterocycles. The minimum Gasteiger partial charge on any atom is -0.391 e. The minimum atomic E-state index is -0.744. The monoisotopic (exact) mass is 421 g/mol. The van der Waals surface area contributed by atoms with Crippen LogP contribution < -0.4 is 5.32 Å². The molecule has 30 heavy (non-hydrogen) atoms. The molecule has 1 aromatic rings. The van der Waals surface area contributed by atoms with Gasteiger partial charge in [-0.3, -0.25) is 14.4 Å². The molecule has 0 saturated carbocycles. The number of rotatable bonds is 6. The number of aliphatic hydroxyl groups is 1. The Bertz CT molecular complexity index is 790. The summed E-state index contributed by atoms with van der Waals surface area (Å²) in [6.45, 7) is 11.5. The van der Waals surface area contributed by atoms with Crippen molar-refractivity contribution in [3.8, 4) is 0 Å². The quantitative estimate of drug-likeness (QED) is 0.711. The number of nitrogens with zero attached hydrogens (tertiary/aromatic N) is 4. The fourth-order valence-corrected chi connectivity index (χ4v) is 3.68. The van der Waals surface area contributed by atoms with Crippen LogP contribution in [0.15, 0.2) is 6.20 Å². The highest BCUT2D eigenvalue weighted by molar-refractivity contribution is 5.90. The maximum atomic E-state index is 13.5. The van der Waals surface area contributed by atoms with Crippen molar-refractivity contribution in [2.75, 3.05) is 13.6 Å². The lowest BCUT2D eigenvalue weighted by Crippen LogP contribution is -2.49. The van der Waals surface area contributed by atoms with Gasteiger partial charge in [-0.25, -0.2) is 4.68 Å². The van der Waals surface area contributed by atoms with E-state index in [0.29, 0.717) is 18.5 Å². The molecule has 168 valence electrons. The van der Waals surface area contributed by atoms with Crippen molar-refractivity contribution in [3.05, 3.63) is 11.9 Å². The summed E-state index contributed by atoms with van der Waals surface area (Å²) >= 11 is 0. The number of hydrogen-bond acceptors (Lipinski definition) is 6. The average molecular weight is 422 g/mol. The highest BCUT2D eigenvalue weighted by Gasteiger charge is 2.45. The second-order valence-corrected chi connectivity index (χ2v) is 10.1. The van der Waals surface area contributed by atoms with Crippen LogP contribution in [-0.4, -0.2) is 68.3 Å². The van der Waals surface area contributed by atoms with Crippen LogP contribution in [0.5, 0.6) is 0 Å². The number of aryl methyl sites for hydroxylation is 1. The highest BCUT2D eigenvalue weighted by atomic mass is 16.3. The number of amides is 2. The first-order chi connectivity index (χ1) is 13.8. The molecule has 9 nitrogen and oxygen atoms in total. The lowest BCUT2D eigenvalue weighted by atomic mass is 9.85. The van der Waals surface area contributed by atoms with E-state index >= 15 is 0 Å². The van der Waals surface area contributed by atoms with Gasteiger partial charge >= 0.3 is 0 Å². The number of carbonyl (C=O) groups excluding carboxylic acids is 3. The number of hydrogen-bond donors (Lipinski definition) is 2. The molecule has 3 atom stereocenters. The van der Waals surface area contributed by atoms with Gasteiger partial charge in [-0.2, -0.15) is 0 Å². The predicted molar refractivity (Wildman–Crippen MR) is 111 cm³/mol. The summed E-state index contributed by atoms with van der Waals surface area (Å²) in [5.41, 5.74) is -0.283. The lowest BCUT2D eigenvalue weighted by Gasteiger charge is -2.34. The van der Waals surface area contributed by atoms with Crippen molar-refractivity contribution in [1.29, 1.82) is 0 Å². The number of nitrogens with one attached hydrogen (secondary N) is 1. The number of likely N-dealkylation sites (N-methyl/N-ethyl adjacent to an activating group) is 1. The summed E-state index contributed by atoms with van der Waals surface area (Å²) in [5, 5.41) is 21.0. The molecule has 0 aliphatic carbocycles. The first-order valence-corrected chi connectivity index (χ1v) is 10.4.